The van der Waals surface area contributed by atoms with Gasteiger partial charge in [0.05, 0.1) is 5.41 Å². The lowest BCUT2D eigenvalue weighted by Crippen LogP contribution is -2.28. The quantitative estimate of drug-likeness (QED) is 0.161. The third-order valence-electron chi connectivity index (χ3n) is 12.5. The molecule has 1 aliphatic rings. The molecule has 0 aliphatic heterocycles. The highest BCUT2D eigenvalue weighted by molar-refractivity contribution is 7.25. The SMILES string of the molecule is c1ccc(-c2ccccc2-c2nc(-c3ccc(-c4ccc5c(c4)sc4ccccc45)cc3)nc(-c3ccc4c(c3)C(c3ccccc3)(c3ccccc3)c3ccccc3-4)n2)cc1. The highest BCUT2D eigenvalue weighted by atomic mass is 32.1. The monoisotopic (exact) mass is 807 g/mol. The van der Waals surface area contributed by atoms with Crippen molar-refractivity contribution >= 4 is 31.5 Å². The minimum Gasteiger partial charge on any atom is -0.208 e. The van der Waals surface area contributed by atoms with Crippen molar-refractivity contribution in [3.63, 3.8) is 0 Å². The Bertz CT molecular complexity index is 3410. The molecule has 2 heterocycles. The Labute approximate surface area is 364 Å². The molecule has 2 aromatic heterocycles. The first kappa shape index (κ1) is 36.1. The summed E-state index contributed by atoms with van der Waals surface area (Å²) in [7, 11) is 0. The second-order valence-corrected chi connectivity index (χ2v) is 17.0. The average Bonchev–Trinajstić information content (AvgIpc) is 3.88. The van der Waals surface area contributed by atoms with Crippen LogP contribution < -0.4 is 0 Å². The Morgan fingerprint density at radius 2 is 0.806 bits per heavy atom. The fourth-order valence-corrected chi connectivity index (χ4v) is 10.7. The van der Waals surface area contributed by atoms with Gasteiger partial charge in [0, 0.05) is 36.9 Å². The fraction of sp³-hybridized carbons (Fsp3) is 0.0172. The molecule has 0 atom stereocenters. The molecule has 0 bridgehead atoms. The zero-order valence-electron chi connectivity index (χ0n) is 33.6. The van der Waals surface area contributed by atoms with Crippen molar-refractivity contribution in [2.45, 2.75) is 5.41 Å². The van der Waals surface area contributed by atoms with Gasteiger partial charge in [0.25, 0.3) is 0 Å². The first-order valence-corrected chi connectivity index (χ1v) is 21.8. The molecular weight excluding hydrogens is 771 g/mol. The Morgan fingerprint density at radius 3 is 1.55 bits per heavy atom. The van der Waals surface area contributed by atoms with Gasteiger partial charge < -0.3 is 0 Å². The molecule has 0 amide bonds. The van der Waals surface area contributed by atoms with Gasteiger partial charge in [0.2, 0.25) is 0 Å². The lowest BCUT2D eigenvalue weighted by molar-refractivity contribution is 0.768. The summed E-state index contributed by atoms with van der Waals surface area (Å²) in [6, 6.07) is 80.4. The number of fused-ring (bicyclic) bond motifs is 6. The van der Waals surface area contributed by atoms with Gasteiger partial charge in [-0.25, -0.2) is 15.0 Å². The third-order valence-corrected chi connectivity index (χ3v) is 13.6. The van der Waals surface area contributed by atoms with Gasteiger partial charge in [-0.3, -0.25) is 0 Å². The summed E-state index contributed by atoms with van der Waals surface area (Å²) in [6.45, 7) is 0. The van der Waals surface area contributed by atoms with E-state index in [2.05, 4.69) is 218 Å². The van der Waals surface area contributed by atoms with Gasteiger partial charge in [-0.1, -0.05) is 206 Å². The van der Waals surface area contributed by atoms with Crippen molar-refractivity contribution in [3.8, 4) is 67.5 Å². The maximum absolute atomic E-state index is 5.34. The summed E-state index contributed by atoms with van der Waals surface area (Å²) in [6.07, 6.45) is 0. The third kappa shape index (κ3) is 5.83. The fourth-order valence-electron chi connectivity index (χ4n) is 9.60. The van der Waals surface area contributed by atoms with Crippen LogP contribution in [0.25, 0.3) is 87.7 Å². The Balaban J connectivity index is 1.04. The highest BCUT2D eigenvalue weighted by Gasteiger charge is 2.46. The zero-order chi connectivity index (χ0) is 41.0. The van der Waals surface area contributed by atoms with Crippen molar-refractivity contribution in [3.05, 3.63) is 247 Å². The smallest absolute Gasteiger partial charge is 0.164 e. The number of hydrogen-bond donors (Lipinski definition) is 0. The van der Waals surface area contributed by atoms with E-state index in [0.29, 0.717) is 17.5 Å². The summed E-state index contributed by atoms with van der Waals surface area (Å²) >= 11 is 1.84. The number of aromatic nitrogens is 3. The van der Waals surface area contributed by atoms with E-state index in [-0.39, 0.29) is 0 Å². The van der Waals surface area contributed by atoms with Crippen molar-refractivity contribution in [1.82, 2.24) is 15.0 Å². The molecule has 3 nitrogen and oxygen atoms in total. The first-order valence-electron chi connectivity index (χ1n) is 21.0. The molecule has 62 heavy (non-hydrogen) atoms. The molecule has 290 valence electrons. The predicted molar refractivity (Wildman–Crippen MR) is 257 cm³/mol. The van der Waals surface area contributed by atoms with E-state index in [4.69, 9.17) is 15.0 Å². The van der Waals surface area contributed by atoms with Crippen LogP contribution in [0.2, 0.25) is 0 Å². The van der Waals surface area contributed by atoms with E-state index in [0.717, 1.165) is 33.4 Å². The van der Waals surface area contributed by atoms with E-state index >= 15 is 0 Å². The molecule has 1 aliphatic carbocycles. The zero-order valence-corrected chi connectivity index (χ0v) is 34.4. The van der Waals surface area contributed by atoms with Crippen molar-refractivity contribution in [2.75, 3.05) is 0 Å². The normalized spacial score (nSPS) is 12.6. The van der Waals surface area contributed by atoms with Crippen LogP contribution in [0.1, 0.15) is 22.3 Å². The molecule has 11 aromatic rings. The van der Waals surface area contributed by atoms with Crippen LogP contribution in [0.15, 0.2) is 224 Å². The van der Waals surface area contributed by atoms with E-state index in [1.807, 2.05) is 17.4 Å². The molecule has 4 heteroatoms. The first-order chi connectivity index (χ1) is 30.7. The lowest BCUT2D eigenvalue weighted by Gasteiger charge is -2.34. The van der Waals surface area contributed by atoms with Gasteiger partial charge in [0.15, 0.2) is 17.5 Å². The average molecular weight is 808 g/mol. The minimum absolute atomic E-state index is 0.544. The maximum Gasteiger partial charge on any atom is 0.164 e. The largest absolute Gasteiger partial charge is 0.208 e. The second-order valence-electron chi connectivity index (χ2n) is 15.9. The number of nitrogens with zero attached hydrogens (tertiary/aromatic N) is 3. The van der Waals surface area contributed by atoms with Crippen molar-refractivity contribution in [1.29, 1.82) is 0 Å². The Morgan fingerprint density at radius 1 is 0.290 bits per heavy atom. The number of benzene rings is 9. The summed E-state index contributed by atoms with van der Waals surface area (Å²) < 4.78 is 2.60. The number of thiophene rings is 1. The molecule has 9 aromatic carbocycles. The minimum atomic E-state index is -0.544. The second kappa shape index (κ2) is 14.7. The molecule has 0 radical (unpaired) electrons. The summed E-state index contributed by atoms with van der Waals surface area (Å²) in [4.78, 5) is 15.9. The molecular formula is C58H37N3S. The standard InChI is InChI=1S/C58H37N3S/c1-4-16-39(17-5-1)45-22-10-11-25-50(45)57-60-55(40-30-28-38(29-31-40)41-32-35-49-48-24-13-15-27-53(48)62-54(49)37-41)59-56(61-57)42-33-34-47-46-23-12-14-26-51(46)58(52(47)36-42,43-18-6-2-7-19-43)44-20-8-3-9-21-44/h1-37H. The Hall–Kier alpha value is -7.79. The van der Waals surface area contributed by atoms with E-state index < -0.39 is 5.41 Å². The lowest BCUT2D eigenvalue weighted by atomic mass is 9.67. The van der Waals surface area contributed by atoms with Gasteiger partial charge in [-0.15, -0.1) is 11.3 Å². The van der Waals surface area contributed by atoms with Crippen molar-refractivity contribution < 1.29 is 0 Å². The Kier molecular flexibility index (Phi) is 8.58. The van der Waals surface area contributed by atoms with Crippen LogP contribution in [0.3, 0.4) is 0 Å². The molecule has 0 fully saturated rings. The van der Waals surface area contributed by atoms with Crippen LogP contribution in [0, 0.1) is 0 Å². The molecule has 0 saturated carbocycles. The molecule has 0 spiro atoms. The van der Waals surface area contributed by atoms with Gasteiger partial charge in [0.1, 0.15) is 0 Å². The predicted octanol–water partition coefficient (Wildman–Crippen LogP) is 14.9. The van der Waals surface area contributed by atoms with E-state index in [9.17, 15) is 0 Å². The maximum atomic E-state index is 5.34. The molecule has 12 rings (SSSR count). The highest BCUT2D eigenvalue weighted by Crippen LogP contribution is 2.56. The van der Waals surface area contributed by atoms with Gasteiger partial charge >= 0.3 is 0 Å². The molecule has 0 N–H and O–H groups in total. The summed E-state index contributed by atoms with van der Waals surface area (Å²) in [5, 5.41) is 2.61. The summed E-state index contributed by atoms with van der Waals surface area (Å²) in [5.74, 6) is 1.88. The number of rotatable bonds is 7. The molecule has 0 unspecified atom stereocenters. The van der Waals surface area contributed by atoms with Crippen LogP contribution in [0.4, 0.5) is 0 Å². The van der Waals surface area contributed by atoms with Crippen molar-refractivity contribution in [2.24, 2.45) is 0 Å². The summed E-state index contributed by atoms with van der Waals surface area (Å²) in [5.41, 5.74) is 14.1. The van der Waals surface area contributed by atoms with Gasteiger partial charge in [-0.05, 0) is 73.8 Å². The number of hydrogen-bond acceptors (Lipinski definition) is 4. The van der Waals surface area contributed by atoms with Crippen LogP contribution in [-0.4, -0.2) is 15.0 Å². The van der Waals surface area contributed by atoms with E-state index in [1.54, 1.807) is 0 Å². The van der Waals surface area contributed by atoms with Crippen LogP contribution >= 0.6 is 11.3 Å². The van der Waals surface area contributed by atoms with Crippen LogP contribution in [-0.2, 0) is 5.41 Å². The molecule has 0 saturated heterocycles. The van der Waals surface area contributed by atoms with Crippen LogP contribution in [0.5, 0.6) is 0 Å². The van der Waals surface area contributed by atoms with E-state index in [1.165, 1.54) is 59.1 Å². The topological polar surface area (TPSA) is 38.7 Å². The van der Waals surface area contributed by atoms with Gasteiger partial charge in [-0.2, -0.15) is 0 Å².